The molecule has 2 aromatic heterocycles. The number of nitrogens with one attached hydrogen (secondary N) is 2. The lowest BCUT2D eigenvalue weighted by Crippen LogP contribution is -1.97. The first-order chi connectivity index (χ1) is 9.17. The Labute approximate surface area is 115 Å². The Hall–Kier alpha value is -2.06. The van der Waals surface area contributed by atoms with Crippen LogP contribution >= 0.6 is 11.6 Å². The fourth-order valence-corrected chi connectivity index (χ4v) is 2.25. The normalized spacial score (nSPS) is 14.2. The lowest BCUT2D eigenvalue weighted by Gasteiger charge is -2.05. The van der Waals surface area contributed by atoms with Gasteiger partial charge in [0.15, 0.2) is 5.82 Å². The molecule has 0 spiro atoms. The van der Waals surface area contributed by atoms with Gasteiger partial charge in [0.05, 0.1) is 5.56 Å². The van der Waals surface area contributed by atoms with Gasteiger partial charge in [0.2, 0.25) is 0 Å². The number of aromatic amines is 1. The number of hydrogen-bond donors (Lipinski definition) is 2. The van der Waals surface area contributed by atoms with E-state index in [4.69, 9.17) is 16.9 Å². The van der Waals surface area contributed by atoms with Gasteiger partial charge >= 0.3 is 0 Å². The molecule has 5 nitrogen and oxygen atoms in total. The minimum absolute atomic E-state index is 0.211. The van der Waals surface area contributed by atoms with E-state index < -0.39 is 0 Å². The van der Waals surface area contributed by atoms with E-state index in [-0.39, 0.29) is 5.15 Å². The topological polar surface area (TPSA) is 77.4 Å². The van der Waals surface area contributed by atoms with E-state index in [1.54, 1.807) is 6.07 Å². The molecule has 0 aliphatic heterocycles. The second-order valence-corrected chi connectivity index (χ2v) is 5.07. The third-order valence-electron chi connectivity index (χ3n) is 3.16. The van der Waals surface area contributed by atoms with Crippen molar-refractivity contribution in [3.8, 4) is 6.07 Å². The summed E-state index contributed by atoms with van der Waals surface area (Å²) in [5, 5.41) is 19.4. The zero-order chi connectivity index (χ0) is 13.4. The molecule has 1 aliphatic rings. The molecule has 1 fully saturated rings. The van der Waals surface area contributed by atoms with Gasteiger partial charge in [0.25, 0.3) is 0 Å². The molecule has 0 bridgehead atoms. The maximum atomic E-state index is 8.94. The fraction of sp³-hybridized carbons (Fsp3) is 0.308. The molecule has 0 atom stereocenters. The van der Waals surface area contributed by atoms with E-state index in [0.717, 1.165) is 17.1 Å². The highest BCUT2D eigenvalue weighted by Gasteiger charge is 2.25. The Kier molecular flexibility index (Phi) is 2.88. The number of H-pyrrole nitrogens is 1. The summed E-state index contributed by atoms with van der Waals surface area (Å²) in [6.07, 6.45) is 2.45. The van der Waals surface area contributed by atoms with Crippen LogP contribution in [0, 0.1) is 18.3 Å². The van der Waals surface area contributed by atoms with Gasteiger partial charge in [0, 0.05) is 17.7 Å². The highest BCUT2D eigenvalue weighted by Crippen LogP contribution is 2.39. The summed E-state index contributed by atoms with van der Waals surface area (Å²) in [6, 6.07) is 5.81. The van der Waals surface area contributed by atoms with Crippen molar-refractivity contribution in [3.05, 3.63) is 34.1 Å². The average molecular weight is 274 g/mol. The molecule has 1 aliphatic carbocycles. The summed E-state index contributed by atoms with van der Waals surface area (Å²) >= 11 is 5.96. The van der Waals surface area contributed by atoms with Gasteiger partial charge < -0.3 is 5.32 Å². The first-order valence-electron chi connectivity index (χ1n) is 6.07. The van der Waals surface area contributed by atoms with E-state index >= 15 is 0 Å². The summed E-state index contributed by atoms with van der Waals surface area (Å²) in [7, 11) is 0. The molecule has 6 heteroatoms. The summed E-state index contributed by atoms with van der Waals surface area (Å²) in [4.78, 5) is 4.15. The van der Waals surface area contributed by atoms with Crippen molar-refractivity contribution < 1.29 is 0 Å². The van der Waals surface area contributed by atoms with Crippen LogP contribution in [-0.4, -0.2) is 15.2 Å². The zero-order valence-electron chi connectivity index (χ0n) is 10.4. The first kappa shape index (κ1) is 12.0. The van der Waals surface area contributed by atoms with Gasteiger partial charge in [-0.25, -0.2) is 4.98 Å². The second kappa shape index (κ2) is 4.56. The van der Waals surface area contributed by atoms with Crippen LogP contribution < -0.4 is 5.32 Å². The Morgan fingerprint density at radius 2 is 2.21 bits per heavy atom. The molecule has 0 saturated heterocycles. The monoisotopic (exact) mass is 273 g/mol. The average Bonchev–Trinajstić information content (AvgIpc) is 3.10. The second-order valence-electron chi connectivity index (χ2n) is 4.71. The molecule has 2 heterocycles. The lowest BCUT2D eigenvalue weighted by molar-refractivity contribution is 0.966. The Morgan fingerprint density at radius 3 is 2.84 bits per heavy atom. The summed E-state index contributed by atoms with van der Waals surface area (Å²) in [5.41, 5.74) is 2.36. The number of rotatable bonds is 3. The standard InChI is InChI=1S/C13H12ClN5/c1-7-4-11(17-13(14)9(7)6-15)16-12-5-10(18-19-12)8-2-3-8/h4-5,8H,2-3H2,1H3,(H2,16,17,18,19). The number of halogens is 1. The number of aryl methyl sites for hydroxylation is 1. The van der Waals surface area contributed by atoms with Crippen LogP contribution in [0.3, 0.4) is 0 Å². The Balaban J connectivity index is 1.84. The van der Waals surface area contributed by atoms with E-state index in [0.29, 0.717) is 17.3 Å². The number of anilines is 2. The molecule has 1 saturated carbocycles. The van der Waals surface area contributed by atoms with Crippen LogP contribution in [0.25, 0.3) is 0 Å². The Morgan fingerprint density at radius 1 is 1.42 bits per heavy atom. The van der Waals surface area contributed by atoms with Gasteiger partial charge in [-0.2, -0.15) is 10.4 Å². The number of nitrogens with zero attached hydrogens (tertiary/aromatic N) is 3. The molecular weight excluding hydrogens is 262 g/mol. The van der Waals surface area contributed by atoms with Crippen LogP contribution in [0.15, 0.2) is 12.1 Å². The number of aromatic nitrogens is 3. The molecular formula is C13H12ClN5. The molecule has 0 unspecified atom stereocenters. The van der Waals surface area contributed by atoms with Crippen molar-refractivity contribution in [2.75, 3.05) is 5.32 Å². The van der Waals surface area contributed by atoms with Crippen molar-refractivity contribution >= 4 is 23.2 Å². The number of hydrogen-bond acceptors (Lipinski definition) is 4. The zero-order valence-corrected chi connectivity index (χ0v) is 11.1. The molecule has 2 N–H and O–H groups in total. The SMILES string of the molecule is Cc1cc(Nc2cc(C3CC3)[nH]n2)nc(Cl)c1C#N. The lowest BCUT2D eigenvalue weighted by atomic mass is 10.2. The van der Waals surface area contributed by atoms with E-state index in [1.807, 2.05) is 19.1 Å². The fourth-order valence-electron chi connectivity index (χ4n) is 1.97. The van der Waals surface area contributed by atoms with Crippen molar-refractivity contribution in [3.63, 3.8) is 0 Å². The highest BCUT2D eigenvalue weighted by atomic mass is 35.5. The predicted octanol–water partition coefficient (Wildman–Crippen LogP) is 3.26. The largest absolute Gasteiger partial charge is 0.323 e. The van der Waals surface area contributed by atoms with Gasteiger partial charge in [0.1, 0.15) is 17.0 Å². The third kappa shape index (κ3) is 2.40. The van der Waals surface area contributed by atoms with Crippen LogP contribution in [0.4, 0.5) is 11.6 Å². The molecule has 2 aromatic rings. The molecule has 19 heavy (non-hydrogen) atoms. The van der Waals surface area contributed by atoms with Crippen molar-refractivity contribution in [2.45, 2.75) is 25.7 Å². The van der Waals surface area contributed by atoms with Crippen molar-refractivity contribution in [1.82, 2.24) is 15.2 Å². The van der Waals surface area contributed by atoms with Gasteiger partial charge in [-0.15, -0.1) is 0 Å². The minimum Gasteiger partial charge on any atom is -0.323 e. The molecule has 3 rings (SSSR count). The molecule has 0 aromatic carbocycles. The van der Waals surface area contributed by atoms with Crippen LogP contribution in [0.5, 0.6) is 0 Å². The third-order valence-corrected chi connectivity index (χ3v) is 3.43. The van der Waals surface area contributed by atoms with Gasteiger partial charge in [-0.1, -0.05) is 11.6 Å². The maximum Gasteiger partial charge on any atom is 0.153 e. The number of pyridine rings is 1. The molecule has 0 amide bonds. The van der Waals surface area contributed by atoms with Crippen LogP contribution in [0.2, 0.25) is 5.15 Å². The van der Waals surface area contributed by atoms with E-state index in [9.17, 15) is 0 Å². The molecule has 96 valence electrons. The van der Waals surface area contributed by atoms with E-state index in [2.05, 4.69) is 20.5 Å². The molecule has 0 radical (unpaired) electrons. The quantitative estimate of drug-likeness (QED) is 0.842. The van der Waals surface area contributed by atoms with Gasteiger partial charge in [-0.3, -0.25) is 5.10 Å². The minimum atomic E-state index is 0.211. The van der Waals surface area contributed by atoms with Crippen molar-refractivity contribution in [2.24, 2.45) is 0 Å². The summed E-state index contributed by atoms with van der Waals surface area (Å²) in [6.45, 7) is 1.83. The van der Waals surface area contributed by atoms with Crippen molar-refractivity contribution in [1.29, 1.82) is 5.26 Å². The predicted molar refractivity (Wildman–Crippen MR) is 72.5 cm³/mol. The highest BCUT2D eigenvalue weighted by molar-refractivity contribution is 6.30. The van der Waals surface area contributed by atoms with Crippen LogP contribution in [-0.2, 0) is 0 Å². The maximum absolute atomic E-state index is 8.94. The Bertz CT molecular complexity index is 643. The smallest absolute Gasteiger partial charge is 0.153 e. The number of nitriles is 1. The van der Waals surface area contributed by atoms with Crippen LogP contribution in [0.1, 0.15) is 35.6 Å². The first-order valence-corrected chi connectivity index (χ1v) is 6.44. The van der Waals surface area contributed by atoms with Gasteiger partial charge in [-0.05, 0) is 31.4 Å². The summed E-state index contributed by atoms with van der Waals surface area (Å²) < 4.78 is 0. The summed E-state index contributed by atoms with van der Waals surface area (Å²) in [5.74, 6) is 1.94. The van der Waals surface area contributed by atoms with E-state index in [1.165, 1.54) is 12.8 Å².